The monoisotopic (exact) mass is 465 g/mol. The van der Waals surface area contributed by atoms with Crippen LogP contribution in [-0.4, -0.2) is 34.3 Å². The number of hydrogen-bond acceptors (Lipinski definition) is 8. The Kier molecular flexibility index (Phi) is 6.69. The molecule has 0 spiro atoms. The number of para-hydroxylation sites is 1. The van der Waals surface area contributed by atoms with Gasteiger partial charge in [-0.2, -0.15) is 9.50 Å². The number of ether oxygens (including phenoxy) is 3. The molecular formula is C24H23N3O5S. The summed E-state index contributed by atoms with van der Waals surface area (Å²) < 4.78 is 18.2. The fraction of sp³-hybridized carbons (Fsp3) is 0.250. The van der Waals surface area contributed by atoms with Crippen molar-refractivity contribution >= 4 is 28.3 Å². The second-order valence-electron chi connectivity index (χ2n) is 7.25. The minimum absolute atomic E-state index is 0.277. The molecule has 0 atom stereocenters. The van der Waals surface area contributed by atoms with Crippen LogP contribution in [0.25, 0.3) is 22.4 Å². The van der Waals surface area contributed by atoms with Gasteiger partial charge in [-0.05, 0) is 42.3 Å². The number of rotatable bonds is 8. The van der Waals surface area contributed by atoms with Crippen LogP contribution in [0.15, 0.2) is 47.3 Å². The first-order chi connectivity index (χ1) is 16.0. The third-order valence-corrected chi connectivity index (χ3v) is 5.76. The summed E-state index contributed by atoms with van der Waals surface area (Å²) >= 11 is 1.23. The van der Waals surface area contributed by atoms with Crippen LogP contribution in [0.5, 0.6) is 17.2 Å². The summed E-state index contributed by atoms with van der Waals surface area (Å²) in [5.74, 6) is 1.50. The van der Waals surface area contributed by atoms with E-state index in [-0.39, 0.29) is 5.56 Å². The molecule has 170 valence electrons. The quantitative estimate of drug-likeness (QED) is 0.223. The molecule has 4 aromatic rings. The molecule has 33 heavy (non-hydrogen) atoms. The van der Waals surface area contributed by atoms with Crippen LogP contribution >= 0.6 is 11.3 Å². The highest BCUT2D eigenvalue weighted by Crippen LogP contribution is 2.29. The van der Waals surface area contributed by atoms with E-state index in [1.54, 1.807) is 37.5 Å². The zero-order chi connectivity index (χ0) is 23.4. The van der Waals surface area contributed by atoms with E-state index in [4.69, 9.17) is 14.2 Å². The SMILES string of the molecule is CCCCOc1ccc(/C=c2/sc3nc(-c4ccccc4OC(C)=O)nn3c2=O)cc1OC. The molecule has 9 heteroatoms. The van der Waals surface area contributed by atoms with E-state index in [0.29, 0.717) is 44.7 Å². The van der Waals surface area contributed by atoms with Crippen molar-refractivity contribution < 1.29 is 19.0 Å². The van der Waals surface area contributed by atoms with Crippen LogP contribution in [0.1, 0.15) is 32.3 Å². The average Bonchev–Trinajstić information content (AvgIpc) is 3.34. The fourth-order valence-electron chi connectivity index (χ4n) is 3.21. The van der Waals surface area contributed by atoms with Gasteiger partial charge in [0.25, 0.3) is 5.56 Å². The van der Waals surface area contributed by atoms with Gasteiger partial charge in [0.05, 0.1) is 23.8 Å². The molecule has 0 N–H and O–H groups in total. The number of methoxy groups -OCH3 is 1. The Morgan fingerprint density at radius 3 is 2.70 bits per heavy atom. The molecule has 0 saturated carbocycles. The fourth-order valence-corrected chi connectivity index (χ4v) is 4.12. The topological polar surface area (TPSA) is 92.0 Å². The summed E-state index contributed by atoms with van der Waals surface area (Å²) in [5, 5.41) is 4.35. The smallest absolute Gasteiger partial charge is 0.308 e. The molecule has 2 aromatic heterocycles. The van der Waals surface area contributed by atoms with Crippen LogP contribution in [0.3, 0.4) is 0 Å². The van der Waals surface area contributed by atoms with Gasteiger partial charge in [-0.1, -0.05) is 42.9 Å². The number of carbonyl (C=O) groups excluding carboxylic acids is 1. The predicted octanol–water partition coefficient (Wildman–Crippen LogP) is 3.48. The summed E-state index contributed by atoms with van der Waals surface area (Å²) in [6.07, 6.45) is 3.78. The van der Waals surface area contributed by atoms with E-state index < -0.39 is 5.97 Å². The molecule has 8 nitrogen and oxygen atoms in total. The maximum Gasteiger partial charge on any atom is 0.308 e. The number of hydrogen-bond donors (Lipinski definition) is 0. The van der Waals surface area contributed by atoms with Crippen LogP contribution in [0.4, 0.5) is 0 Å². The molecule has 0 bridgehead atoms. The van der Waals surface area contributed by atoms with Gasteiger partial charge in [0.15, 0.2) is 17.3 Å². The van der Waals surface area contributed by atoms with E-state index in [0.717, 1.165) is 18.4 Å². The van der Waals surface area contributed by atoms with Crippen LogP contribution in [-0.2, 0) is 4.79 Å². The van der Waals surface area contributed by atoms with Gasteiger partial charge in [-0.3, -0.25) is 9.59 Å². The lowest BCUT2D eigenvalue weighted by atomic mass is 10.2. The predicted molar refractivity (Wildman–Crippen MR) is 126 cm³/mol. The number of nitrogens with zero attached hydrogens (tertiary/aromatic N) is 3. The maximum atomic E-state index is 12.9. The molecule has 0 amide bonds. The van der Waals surface area contributed by atoms with Gasteiger partial charge >= 0.3 is 5.97 Å². The lowest BCUT2D eigenvalue weighted by Gasteiger charge is -2.10. The summed E-state index contributed by atoms with van der Waals surface area (Å²) in [7, 11) is 1.59. The second-order valence-corrected chi connectivity index (χ2v) is 8.26. The zero-order valence-corrected chi connectivity index (χ0v) is 19.3. The van der Waals surface area contributed by atoms with Crippen molar-refractivity contribution in [2.24, 2.45) is 0 Å². The molecule has 0 fully saturated rings. The highest BCUT2D eigenvalue weighted by Gasteiger charge is 2.16. The molecular weight excluding hydrogens is 442 g/mol. The Balaban J connectivity index is 1.67. The van der Waals surface area contributed by atoms with Crippen molar-refractivity contribution in [1.29, 1.82) is 0 Å². The minimum atomic E-state index is -0.443. The van der Waals surface area contributed by atoms with E-state index >= 15 is 0 Å². The number of benzene rings is 2. The number of esters is 1. The van der Waals surface area contributed by atoms with E-state index in [1.165, 1.54) is 22.8 Å². The highest BCUT2D eigenvalue weighted by molar-refractivity contribution is 7.15. The van der Waals surface area contributed by atoms with E-state index in [2.05, 4.69) is 17.0 Å². The summed E-state index contributed by atoms with van der Waals surface area (Å²) in [6, 6.07) is 12.5. The highest BCUT2D eigenvalue weighted by atomic mass is 32.1. The molecule has 0 radical (unpaired) electrons. The maximum absolute atomic E-state index is 12.9. The van der Waals surface area contributed by atoms with Gasteiger partial charge in [0, 0.05) is 6.92 Å². The Labute approximate surface area is 194 Å². The molecule has 2 aromatic carbocycles. The summed E-state index contributed by atoms with van der Waals surface area (Å²) in [5.41, 5.74) is 1.06. The Morgan fingerprint density at radius 1 is 1.15 bits per heavy atom. The molecule has 0 aliphatic rings. The normalized spacial score (nSPS) is 11.7. The number of carbonyl (C=O) groups is 1. The molecule has 0 aliphatic carbocycles. The van der Waals surface area contributed by atoms with Gasteiger partial charge in [-0.25, -0.2) is 0 Å². The molecule has 0 saturated heterocycles. The van der Waals surface area contributed by atoms with Crippen LogP contribution in [0.2, 0.25) is 0 Å². The van der Waals surface area contributed by atoms with Crippen molar-refractivity contribution in [3.8, 4) is 28.6 Å². The Bertz CT molecular complexity index is 1410. The molecule has 4 rings (SSSR count). The van der Waals surface area contributed by atoms with Crippen LogP contribution in [0, 0.1) is 0 Å². The molecule has 2 heterocycles. The van der Waals surface area contributed by atoms with Gasteiger partial charge < -0.3 is 14.2 Å². The van der Waals surface area contributed by atoms with E-state index in [9.17, 15) is 9.59 Å². The van der Waals surface area contributed by atoms with Crippen molar-refractivity contribution in [1.82, 2.24) is 14.6 Å². The van der Waals surface area contributed by atoms with E-state index in [1.807, 2.05) is 18.2 Å². The lowest BCUT2D eigenvalue weighted by Crippen LogP contribution is -2.23. The number of unbranched alkanes of at least 4 members (excludes halogenated alkanes) is 1. The van der Waals surface area contributed by atoms with Gasteiger partial charge in [-0.15, -0.1) is 5.10 Å². The number of aromatic nitrogens is 3. The molecule has 0 aliphatic heterocycles. The van der Waals surface area contributed by atoms with Crippen molar-refractivity contribution in [2.45, 2.75) is 26.7 Å². The minimum Gasteiger partial charge on any atom is -0.493 e. The van der Waals surface area contributed by atoms with Crippen molar-refractivity contribution in [3.63, 3.8) is 0 Å². The van der Waals surface area contributed by atoms with Gasteiger partial charge in [0.2, 0.25) is 4.96 Å². The largest absolute Gasteiger partial charge is 0.493 e. The first-order valence-corrected chi connectivity index (χ1v) is 11.3. The summed E-state index contributed by atoms with van der Waals surface area (Å²) in [4.78, 5) is 29.2. The lowest BCUT2D eigenvalue weighted by molar-refractivity contribution is -0.131. The van der Waals surface area contributed by atoms with Gasteiger partial charge in [0.1, 0.15) is 5.75 Å². The molecule has 0 unspecified atom stereocenters. The number of fused-ring (bicyclic) bond motifs is 1. The van der Waals surface area contributed by atoms with Crippen LogP contribution < -0.4 is 24.3 Å². The first kappa shape index (κ1) is 22.5. The first-order valence-electron chi connectivity index (χ1n) is 10.5. The number of thiazole rings is 1. The second kappa shape index (κ2) is 9.83. The Morgan fingerprint density at radius 2 is 1.97 bits per heavy atom. The third-order valence-electron chi connectivity index (χ3n) is 4.80. The zero-order valence-electron chi connectivity index (χ0n) is 18.5. The summed E-state index contributed by atoms with van der Waals surface area (Å²) in [6.45, 7) is 4.05. The van der Waals surface area contributed by atoms with Crippen molar-refractivity contribution in [3.05, 3.63) is 62.9 Å². The third kappa shape index (κ3) is 4.88. The average molecular weight is 466 g/mol. The Hall–Kier alpha value is -3.72. The standard InChI is InChI=1S/C24H23N3O5S/c1-4-5-12-31-19-11-10-16(13-20(19)30-3)14-21-23(29)27-24(33-21)25-22(26-27)17-8-6-7-9-18(17)32-15(2)28/h6-11,13-14H,4-5,12H2,1-3H3/b21-14+. The van der Waals surface area contributed by atoms with Crippen molar-refractivity contribution in [2.75, 3.05) is 13.7 Å².